The molecule has 0 heterocycles. The molecule has 0 aromatic heterocycles. The lowest BCUT2D eigenvalue weighted by Crippen LogP contribution is -2.45. The van der Waals surface area contributed by atoms with Crippen LogP contribution < -0.4 is 4.90 Å². The lowest BCUT2D eigenvalue weighted by Gasteiger charge is -2.37. The highest BCUT2D eigenvalue weighted by Crippen LogP contribution is 2.22. The lowest BCUT2D eigenvalue weighted by molar-refractivity contribution is -0.0396. The number of benzene rings is 1. The van der Waals surface area contributed by atoms with Crippen molar-refractivity contribution in [2.24, 2.45) is 0 Å². The molecule has 0 radical (unpaired) electrons. The number of nitrogens with zero attached hydrogens (tertiary/aromatic N) is 1. The van der Waals surface area contributed by atoms with Crippen molar-refractivity contribution < 1.29 is 9.47 Å². The standard InChI is InChI=1S/C16H27NO2/c1-12(2)18-14(5)17(15(6)19-13(3)4)16-10-8-7-9-11-16/h7-15H,1-6H3. The molecule has 19 heavy (non-hydrogen) atoms. The first-order valence-electron chi connectivity index (χ1n) is 7.06. The molecule has 0 aliphatic rings. The summed E-state index contributed by atoms with van der Waals surface area (Å²) in [7, 11) is 0. The van der Waals surface area contributed by atoms with Crippen molar-refractivity contribution in [3.63, 3.8) is 0 Å². The Balaban J connectivity index is 2.90. The van der Waals surface area contributed by atoms with Gasteiger partial charge in [0.15, 0.2) is 0 Å². The van der Waals surface area contributed by atoms with Gasteiger partial charge in [-0.3, -0.25) is 0 Å². The molecular weight excluding hydrogens is 238 g/mol. The molecule has 0 aliphatic carbocycles. The first kappa shape index (κ1) is 16.0. The van der Waals surface area contributed by atoms with Crippen LogP contribution in [-0.2, 0) is 9.47 Å². The normalized spacial score (nSPS) is 14.7. The molecule has 2 atom stereocenters. The van der Waals surface area contributed by atoms with Gasteiger partial charge in [-0.05, 0) is 53.7 Å². The highest BCUT2D eigenvalue weighted by atomic mass is 16.5. The van der Waals surface area contributed by atoms with Crippen LogP contribution in [0, 0.1) is 0 Å². The van der Waals surface area contributed by atoms with E-state index < -0.39 is 0 Å². The fourth-order valence-corrected chi connectivity index (χ4v) is 2.23. The number of ether oxygens (including phenoxy) is 2. The molecule has 1 aromatic rings. The fraction of sp³-hybridized carbons (Fsp3) is 0.625. The van der Waals surface area contributed by atoms with Crippen LogP contribution in [0.1, 0.15) is 41.5 Å². The summed E-state index contributed by atoms with van der Waals surface area (Å²) in [4.78, 5) is 2.17. The maximum absolute atomic E-state index is 5.92. The molecule has 0 bridgehead atoms. The van der Waals surface area contributed by atoms with Gasteiger partial charge in [0.1, 0.15) is 12.5 Å². The lowest BCUT2D eigenvalue weighted by atomic mass is 10.2. The molecule has 1 rings (SSSR count). The van der Waals surface area contributed by atoms with Crippen molar-refractivity contribution in [1.82, 2.24) is 0 Å². The second-order valence-electron chi connectivity index (χ2n) is 5.31. The molecule has 0 aliphatic heterocycles. The number of anilines is 1. The van der Waals surface area contributed by atoms with Crippen molar-refractivity contribution in [1.29, 1.82) is 0 Å². The summed E-state index contributed by atoms with van der Waals surface area (Å²) in [5.74, 6) is 0. The van der Waals surface area contributed by atoms with Crippen LogP contribution >= 0.6 is 0 Å². The van der Waals surface area contributed by atoms with Gasteiger partial charge >= 0.3 is 0 Å². The van der Waals surface area contributed by atoms with Crippen LogP contribution in [0.5, 0.6) is 0 Å². The zero-order valence-electron chi connectivity index (χ0n) is 13.0. The SMILES string of the molecule is CC(C)OC(C)N(c1ccccc1)C(C)OC(C)C. The van der Waals surface area contributed by atoms with Gasteiger partial charge in [-0.15, -0.1) is 0 Å². The maximum atomic E-state index is 5.92. The molecular formula is C16H27NO2. The van der Waals surface area contributed by atoms with Crippen molar-refractivity contribution in [3.05, 3.63) is 30.3 Å². The minimum Gasteiger partial charge on any atom is -0.356 e. The fourth-order valence-electron chi connectivity index (χ4n) is 2.23. The van der Waals surface area contributed by atoms with Gasteiger partial charge in [0, 0.05) is 5.69 Å². The Hall–Kier alpha value is -1.06. The second-order valence-corrected chi connectivity index (χ2v) is 5.31. The zero-order chi connectivity index (χ0) is 14.4. The molecule has 0 saturated heterocycles. The summed E-state index contributed by atoms with van der Waals surface area (Å²) in [5, 5.41) is 0. The van der Waals surface area contributed by atoms with Gasteiger partial charge in [-0.25, -0.2) is 0 Å². The molecule has 108 valence electrons. The quantitative estimate of drug-likeness (QED) is 0.695. The van der Waals surface area contributed by atoms with E-state index in [-0.39, 0.29) is 24.7 Å². The number of rotatable bonds is 7. The Morgan fingerprint density at radius 1 is 0.737 bits per heavy atom. The predicted octanol–water partition coefficient (Wildman–Crippen LogP) is 4.04. The van der Waals surface area contributed by atoms with Crippen LogP contribution in [-0.4, -0.2) is 24.7 Å². The van der Waals surface area contributed by atoms with Crippen molar-refractivity contribution in [3.8, 4) is 0 Å². The average molecular weight is 265 g/mol. The van der Waals surface area contributed by atoms with E-state index in [2.05, 4.69) is 30.9 Å². The topological polar surface area (TPSA) is 21.7 Å². The van der Waals surface area contributed by atoms with E-state index in [1.54, 1.807) is 0 Å². The third-order valence-corrected chi connectivity index (χ3v) is 2.78. The van der Waals surface area contributed by atoms with E-state index in [1.807, 2.05) is 45.9 Å². The summed E-state index contributed by atoms with van der Waals surface area (Å²) < 4.78 is 11.8. The summed E-state index contributed by atoms with van der Waals surface area (Å²) in [6, 6.07) is 10.3. The largest absolute Gasteiger partial charge is 0.356 e. The van der Waals surface area contributed by atoms with Gasteiger partial charge in [0.05, 0.1) is 12.2 Å². The Morgan fingerprint density at radius 2 is 1.16 bits per heavy atom. The van der Waals surface area contributed by atoms with Gasteiger partial charge in [-0.1, -0.05) is 18.2 Å². The molecule has 0 saturated carbocycles. The van der Waals surface area contributed by atoms with Crippen molar-refractivity contribution in [2.75, 3.05) is 4.90 Å². The smallest absolute Gasteiger partial charge is 0.129 e. The molecule has 3 nitrogen and oxygen atoms in total. The number of hydrogen-bond acceptors (Lipinski definition) is 3. The van der Waals surface area contributed by atoms with Gasteiger partial charge < -0.3 is 14.4 Å². The van der Waals surface area contributed by atoms with Crippen molar-refractivity contribution >= 4 is 5.69 Å². The maximum Gasteiger partial charge on any atom is 0.129 e. The van der Waals surface area contributed by atoms with Gasteiger partial charge in [-0.2, -0.15) is 0 Å². The Morgan fingerprint density at radius 3 is 1.53 bits per heavy atom. The summed E-state index contributed by atoms with van der Waals surface area (Å²) in [5.41, 5.74) is 1.11. The van der Waals surface area contributed by atoms with Crippen LogP contribution in [0.4, 0.5) is 5.69 Å². The van der Waals surface area contributed by atoms with Crippen LogP contribution in [0.15, 0.2) is 30.3 Å². The first-order valence-corrected chi connectivity index (χ1v) is 7.06. The summed E-state index contributed by atoms with van der Waals surface area (Å²) >= 11 is 0. The molecule has 0 N–H and O–H groups in total. The van der Waals surface area contributed by atoms with Gasteiger partial charge in [0.25, 0.3) is 0 Å². The van der Waals surface area contributed by atoms with E-state index >= 15 is 0 Å². The van der Waals surface area contributed by atoms with Crippen LogP contribution in [0.2, 0.25) is 0 Å². The minimum absolute atomic E-state index is 0.0313. The van der Waals surface area contributed by atoms with E-state index in [0.29, 0.717) is 0 Å². The van der Waals surface area contributed by atoms with Crippen LogP contribution in [0.3, 0.4) is 0 Å². The molecule has 1 aromatic carbocycles. The number of hydrogen-bond donors (Lipinski definition) is 0. The predicted molar refractivity (Wildman–Crippen MR) is 80.3 cm³/mol. The third-order valence-electron chi connectivity index (χ3n) is 2.78. The molecule has 2 unspecified atom stereocenters. The van der Waals surface area contributed by atoms with E-state index in [1.165, 1.54) is 0 Å². The second kappa shape index (κ2) is 7.51. The molecule has 0 fully saturated rings. The monoisotopic (exact) mass is 265 g/mol. The molecule has 0 spiro atoms. The van der Waals surface area contributed by atoms with Crippen LogP contribution in [0.25, 0.3) is 0 Å². The average Bonchev–Trinajstić information content (AvgIpc) is 2.28. The minimum atomic E-state index is -0.0313. The van der Waals surface area contributed by atoms with Gasteiger partial charge in [0.2, 0.25) is 0 Å². The highest BCUT2D eigenvalue weighted by Gasteiger charge is 2.23. The molecule has 0 amide bonds. The van der Waals surface area contributed by atoms with E-state index in [0.717, 1.165) is 5.69 Å². The van der Waals surface area contributed by atoms with E-state index in [9.17, 15) is 0 Å². The first-order chi connectivity index (χ1) is 8.91. The van der Waals surface area contributed by atoms with E-state index in [4.69, 9.17) is 9.47 Å². The summed E-state index contributed by atoms with van der Waals surface area (Å²) in [6.07, 6.45) is 0.312. The zero-order valence-corrected chi connectivity index (χ0v) is 13.0. The highest BCUT2D eigenvalue weighted by molar-refractivity contribution is 5.46. The molecule has 3 heteroatoms. The Labute approximate surface area is 117 Å². The number of para-hydroxylation sites is 1. The van der Waals surface area contributed by atoms with Crippen molar-refractivity contribution in [2.45, 2.75) is 66.2 Å². The summed E-state index contributed by atoms with van der Waals surface area (Å²) in [6.45, 7) is 12.3. The Bertz CT molecular complexity index is 335. The Kier molecular flexibility index (Phi) is 6.32. The third kappa shape index (κ3) is 5.21.